The van der Waals surface area contributed by atoms with Crippen molar-refractivity contribution in [2.75, 3.05) is 4.90 Å². The molecule has 1 N–H and O–H groups in total. The number of anilines is 1. The first-order chi connectivity index (χ1) is 8.41. The zero-order valence-corrected chi connectivity index (χ0v) is 8.68. The van der Waals surface area contributed by atoms with Crippen molar-refractivity contribution < 1.29 is 28.3 Å². The number of carboxylic acid groups (broad SMARTS) is 1. The minimum Gasteiger partial charge on any atom is -0.478 e. The van der Waals surface area contributed by atoms with Crippen LogP contribution in [0, 0.1) is 11.6 Å². The van der Waals surface area contributed by atoms with Gasteiger partial charge in [-0.15, -0.1) is 0 Å². The third-order valence-electron chi connectivity index (χ3n) is 2.32. The van der Waals surface area contributed by atoms with Crippen molar-refractivity contribution in [1.29, 1.82) is 0 Å². The van der Waals surface area contributed by atoms with Gasteiger partial charge in [-0.05, 0) is 6.07 Å². The van der Waals surface area contributed by atoms with E-state index in [9.17, 15) is 23.2 Å². The second kappa shape index (κ2) is 4.02. The van der Waals surface area contributed by atoms with Crippen LogP contribution >= 0.6 is 0 Å². The Balaban J connectivity index is 2.58. The zero-order chi connectivity index (χ0) is 13.4. The van der Waals surface area contributed by atoms with E-state index in [-0.39, 0.29) is 0 Å². The highest BCUT2D eigenvalue weighted by Crippen LogP contribution is 2.26. The van der Waals surface area contributed by atoms with Gasteiger partial charge in [-0.3, -0.25) is 9.59 Å². The normalized spacial score (nSPS) is 14.4. The van der Waals surface area contributed by atoms with Crippen molar-refractivity contribution in [3.63, 3.8) is 0 Å². The molecule has 1 aromatic carbocycles. The average Bonchev–Trinajstić information content (AvgIpc) is 2.59. The molecule has 0 fully saturated rings. The molecule has 0 spiro atoms. The lowest BCUT2D eigenvalue weighted by Gasteiger charge is -2.15. The highest BCUT2D eigenvalue weighted by Gasteiger charge is 2.29. The SMILES string of the molecule is O=C(O)c1cc(N2C(=O)C=CC2=O)c(F)cc1F. The Labute approximate surface area is 98.9 Å². The van der Waals surface area contributed by atoms with Crippen LogP contribution in [0.4, 0.5) is 14.5 Å². The average molecular weight is 253 g/mol. The van der Waals surface area contributed by atoms with Crippen LogP contribution < -0.4 is 4.90 Å². The Morgan fingerprint density at radius 3 is 2.11 bits per heavy atom. The van der Waals surface area contributed by atoms with E-state index in [1.807, 2.05) is 0 Å². The van der Waals surface area contributed by atoms with Crippen molar-refractivity contribution in [3.8, 4) is 0 Å². The highest BCUT2D eigenvalue weighted by atomic mass is 19.1. The summed E-state index contributed by atoms with van der Waals surface area (Å²) in [5, 5.41) is 8.69. The summed E-state index contributed by atoms with van der Waals surface area (Å²) in [6.07, 6.45) is 1.82. The number of halogens is 2. The summed E-state index contributed by atoms with van der Waals surface area (Å²) < 4.78 is 26.6. The monoisotopic (exact) mass is 253 g/mol. The molecule has 0 radical (unpaired) electrons. The molecule has 0 saturated heterocycles. The van der Waals surface area contributed by atoms with Gasteiger partial charge in [0, 0.05) is 18.2 Å². The van der Waals surface area contributed by atoms with E-state index in [1.54, 1.807) is 0 Å². The minimum atomic E-state index is -1.62. The molecule has 0 saturated carbocycles. The lowest BCUT2D eigenvalue weighted by Crippen LogP contribution is -2.30. The summed E-state index contributed by atoms with van der Waals surface area (Å²) in [6, 6.07) is 0.924. The molecule has 18 heavy (non-hydrogen) atoms. The molecule has 0 aromatic heterocycles. The number of hydrogen-bond donors (Lipinski definition) is 1. The van der Waals surface area contributed by atoms with Crippen LogP contribution in [0.5, 0.6) is 0 Å². The molecule has 1 heterocycles. The lowest BCUT2D eigenvalue weighted by atomic mass is 10.1. The highest BCUT2D eigenvalue weighted by molar-refractivity contribution is 6.28. The Hall–Kier alpha value is -2.57. The molecule has 1 aromatic rings. The van der Waals surface area contributed by atoms with Crippen molar-refractivity contribution in [2.24, 2.45) is 0 Å². The van der Waals surface area contributed by atoms with Crippen LogP contribution in [0.3, 0.4) is 0 Å². The first-order valence-electron chi connectivity index (χ1n) is 4.70. The second-order valence-electron chi connectivity index (χ2n) is 3.43. The summed E-state index contributed by atoms with van der Waals surface area (Å²) in [6.45, 7) is 0. The van der Waals surface area contributed by atoms with E-state index in [0.29, 0.717) is 17.0 Å². The van der Waals surface area contributed by atoms with Gasteiger partial charge in [0.25, 0.3) is 11.8 Å². The largest absolute Gasteiger partial charge is 0.478 e. The predicted molar refractivity (Wildman–Crippen MR) is 55.0 cm³/mol. The summed E-state index contributed by atoms with van der Waals surface area (Å²) in [4.78, 5) is 33.8. The molecule has 2 rings (SSSR count). The number of imide groups is 1. The number of amides is 2. The van der Waals surface area contributed by atoms with E-state index >= 15 is 0 Å². The second-order valence-corrected chi connectivity index (χ2v) is 3.43. The van der Waals surface area contributed by atoms with E-state index in [1.165, 1.54) is 0 Å². The molecule has 0 atom stereocenters. The summed E-state index contributed by atoms with van der Waals surface area (Å²) >= 11 is 0. The fourth-order valence-corrected chi connectivity index (χ4v) is 1.51. The quantitative estimate of drug-likeness (QED) is 0.800. The predicted octanol–water partition coefficient (Wildman–Crippen LogP) is 1.09. The molecule has 0 bridgehead atoms. The lowest BCUT2D eigenvalue weighted by molar-refractivity contribution is -0.120. The molecule has 5 nitrogen and oxygen atoms in total. The maximum absolute atomic E-state index is 13.5. The van der Waals surface area contributed by atoms with E-state index in [4.69, 9.17) is 5.11 Å². The standard InChI is InChI=1S/C11H5F2NO4/c12-6-4-7(13)8(3-5(6)11(17)18)14-9(15)1-2-10(14)16/h1-4H,(H,17,18). The maximum atomic E-state index is 13.5. The van der Waals surface area contributed by atoms with Gasteiger partial charge in [-0.25, -0.2) is 18.5 Å². The molecule has 7 heteroatoms. The fraction of sp³-hybridized carbons (Fsp3) is 0. The topological polar surface area (TPSA) is 74.7 Å². The molecular weight excluding hydrogens is 248 g/mol. The van der Waals surface area contributed by atoms with Crippen LogP contribution in [0.15, 0.2) is 24.3 Å². The molecule has 2 amide bonds. The third kappa shape index (κ3) is 1.75. The van der Waals surface area contributed by atoms with Crippen LogP contribution in [-0.4, -0.2) is 22.9 Å². The number of carboxylic acids is 1. The van der Waals surface area contributed by atoms with Crippen LogP contribution in [-0.2, 0) is 9.59 Å². The maximum Gasteiger partial charge on any atom is 0.338 e. The molecule has 92 valence electrons. The van der Waals surface area contributed by atoms with Gasteiger partial charge >= 0.3 is 5.97 Å². The smallest absolute Gasteiger partial charge is 0.338 e. The van der Waals surface area contributed by atoms with Crippen molar-refractivity contribution >= 4 is 23.5 Å². The Morgan fingerprint density at radius 2 is 1.61 bits per heavy atom. The Kier molecular flexibility index (Phi) is 2.66. The zero-order valence-electron chi connectivity index (χ0n) is 8.68. The van der Waals surface area contributed by atoms with Gasteiger partial charge in [0.1, 0.15) is 11.6 Å². The number of carbonyl (C=O) groups excluding carboxylic acids is 2. The number of rotatable bonds is 2. The molecule has 0 aliphatic carbocycles. The van der Waals surface area contributed by atoms with Gasteiger partial charge in [0.2, 0.25) is 0 Å². The number of nitrogens with zero attached hydrogens (tertiary/aromatic N) is 1. The van der Waals surface area contributed by atoms with Gasteiger partial charge in [0.15, 0.2) is 0 Å². The number of carbonyl (C=O) groups is 3. The molecule has 1 aliphatic rings. The number of benzene rings is 1. The molecule has 1 aliphatic heterocycles. The van der Waals surface area contributed by atoms with E-state index in [0.717, 1.165) is 12.2 Å². The van der Waals surface area contributed by atoms with Crippen molar-refractivity contribution in [3.05, 3.63) is 41.5 Å². The van der Waals surface area contributed by atoms with E-state index < -0.39 is 40.7 Å². The first kappa shape index (κ1) is 11.9. The van der Waals surface area contributed by atoms with Crippen molar-refractivity contribution in [1.82, 2.24) is 0 Å². The fourth-order valence-electron chi connectivity index (χ4n) is 1.51. The molecule has 0 unspecified atom stereocenters. The number of hydrogen-bond acceptors (Lipinski definition) is 3. The Bertz CT molecular complexity index is 591. The van der Waals surface area contributed by atoms with Crippen molar-refractivity contribution in [2.45, 2.75) is 0 Å². The van der Waals surface area contributed by atoms with Crippen LogP contribution in [0.25, 0.3) is 0 Å². The van der Waals surface area contributed by atoms with Crippen LogP contribution in [0.2, 0.25) is 0 Å². The van der Waals surface area contributed by atoms with Gasteiger partial charge in [0.05, 0.1) is 11.3 Å². The summed E-state index contributed by atoms with van der Waals surface area (Å²) in [7, 11) is 0. The first-order valence-corrected chi connectivity index (χ1v) is 4.70. The van der Waals surface area contributed by atoms with Gasteiger partial charge in [-0.1, -0.05) is 0 Å². The molecular formula is C11H5F2NO4. The number of aromatic carboxylic acids is 1. The Morgan fingerprint density at radius 1 is 1.06 bits per heavy atom. The summed E-state index contributed by atoms with van der Waals surface area (Å²) in [5.74, 6) is -5.73. The van der Waals surface area contributed by atoms with Gasteiger partial charge < -0.3 is 5.11 Å². The van der Waals surface area contributed by atoms with E-state index in [2.05, 4.69) is 0 Å². The summed E-state index contributed by atoms with van der Waals surface area (Å²) in [5.41, 5.74) is -1.41. The third-order valence-corrected chi connectivity index (χ3v) is 2.32. The minimum absolute atomic E-state index is 0.317. The van der Waals surface area contributed by atoms with Crippen LogP contribution in [0.1, 0.15) is 10.4 Å². The van der Waals surface area contributed by atoms with Gasteiger partial charge in [-0.2, -0.15) is 0 Å².